The lowest BCUT2D eigenvalue weighted by Gasteiger charge is -2.17. The van der Waals surface area contributed by atoms with Gasteiger partial charge in [-0.25, -0.2) is 0 Å². The van der Waals surface area contributed by atoms with Gasteiger partial charge >= 0.3 is 0 Å². The molecule has 49 valence electrons. The second kappa shape index (κ2) is 3.33. The van der Waals surface area contributed by atoms with Gasteiger partial charge in [0.2, 0.25) is 0 Å². The zero-order valence-electron chi connectivity index (χ0n) is 5.75. The highest BCUT2D eigenvalue weighted by Gasteiger charge is 1.95. The number of nitrogens with zero attached hydrogens (tertiary/aromatic N) is 1. The Labute approximate surface area is 56.7 Å². The molecule has 0 aromatic carbocycles. The fourth-order valence-corrected chi connectivity index (χ4v) is 0.842. The van der Waals surface area contributed by atoms with Crippen LogP contribution in [0.25, 0.3) is 0 Å². The zero-order valence-corrected chi connectivity index (χ0v) is 5.75. The van der Waals surface area contributed by atoms with E-state index >= 15 is 0 Å². The van der Waals surface area contributed by atoms with Crippen LogP contribution in [-0.4, -0.2) is 11.4 Å². The molecule has 0 fully saturated rings. The lowest BCUT2D eigenvalue weighted by atomic mass is 10.3. The third-order valence-corrected chi connectivity index (χ3v) is 1.26. The summed E-state index contributed by atoms with van der Waals surface area (Å²) in [5, 5.41) is 0. The van der Waals surface area contributed by atoms with Crippen LogP contribution in [-0.2, 0) is 0 Å². The Morgan fingerprint density at radius 2 is 2.11 bits per heavy atom. The first-order valence-electron chi connectivity index (χ1n) is 3.37. The Hall–Kier alpha value is -0.720. The van der Waals surface area contributed by atoms with Gasteiger partial charge in [-0.1, -0.05) is 19.1 Å². The topological polar surface area (TPSA) is 3.24 Å². The minimum atomic E-state index is 1.13. The molecule has 0 bridgehead atoms. The molecule has 0 saturated heterocycles. The van der Waals surface area contributed by atoms with Crippen LogP contribution in [0.2, 0.25) is 0 Å². The van der Waals surface area contributed by atoms with Crippen molar-refractivity contribution in [2.45, 2.75) is 13.3 Å². The van der Waals surface area contributed by atoms with Crippen LogP contribution < -0.4 is 0 Å². The van der Waals surface area contributed by atoms with Gasteiger partial charge in [0.05, 0.1) is 6.54 Å². The summed E-state index contributed by atoms with van der Waals surface area (Å²) in [6, 6.07) is 0. The normalized spacial score (nSPS) is 16.8. The van der Waals surface area contributed by atoms with E-state index in [2.05, 4.69) is 36.7 Å². The quantitative estimate of drug-likeness (QED) is 0.541. The zero-order chi connectivity index (χ0) is 6.53. The smallest absolute Gasteiger partial charge is 0.0710 e. The molecule has 1 aliphatic rings. The molecule has 0 aliphatic carbocycles. The molecule has 0 amide bonds. The molecule has 0 atom stereocenters. The Bertz CT molecular complexity index is 125. The van der Waals surface area contributed by atoms with E-state index in [1.165, 1.54) is 6.42 Å². The monoisotopic (exact) mass is 122 g/mol. The maximum absolute atomic E-state index is 2.18. The van der Waals surface area contributed by atoms with Crippen LogP contribution in [0, 0.1) is 6.54 Å². The van der Waals surface area contributed by atoms with Gasteiger partial charge in [-0.3, -0.25) is 0 Å². The Kier molecular flexibility index (Phi) is 2.37. The van der Waals surface area contributed by atoms with Crippen molar-refractivity contribution in [2.24, 2.45) is 0 Å². The molecule has 0 unspecified atom stereocenters. The molecule has 1 heteroatoms. The Morgan fingerprint density at radius 1 is 1.22 bits per heavy atom. The third kappa shape index (κ3) is 1.92. The van der Waals surface area contributed by atoms with Crippen molar-refractivity contribution in [1.82, 2.24) is 4.90 Å². The highest BCUT2D eigenvalue weighted by Crippen LogP contribution is 2.02. The maximum atomic E-state index is 2.18. The van der Waals surface area contributed by atoms with Crippen molar-refractivity contribution < 1.29 is 0 Å². The molecule has 9 heavy (non-hydrogen) atoms. The fourth-order valence-electron chi connectivity index (χ4n) is 0.842. The van der Waals surface area contributed by atoms with Crippen LogP contribution in [0.3, 0.4) is 0 Å². The molecule has 1 nitrogen and oxygen atoms in total. The first kappa shape index (κ1) is 6.40. The van der Waals surface area contributed by atoms with Gasteiger partial charge in [-0.2, -0.15) is 0 Å². The van der Waals surface area contributed by atoms with E-state index in [9.17, 15) is 0 Å². The Balaban J connectivity index is 2.28. The van der Waals surface area contributed by atoms with Crippen molar-refractivity contribution in [2.75, 3.05) is 6.54 Å². The lowest BCUT2D eigenvalue weighted by Crippen LogP contribution is -2.14. The average Bonchev–Trinajstić information content (AvgIpc) is 1.91. The lowest BCUT2D eigenvalue weighted by molar-refractivity contribution is 0.465. The molecule has 0 aromatic heterocycles. The number of hydrogen-bond donors (Lipinski definition) is 0. The van der Waals surface area contributed by atoms with E-state index in [1.54, 1.807) is 0 Å². The standard InChI is InChI=1S/C8H12N/c1-2-6-9-7-4-3-5-8-9/h3-5,7-8H,2,6H2,1H3. The molecule has 1 radical (unpaired) electrons. The maximum Gasteiger partial charge on any atom is 0.0710 e. The molecule has 0 aromatic rings. The summed E-state index contributed by atoms with van der Waals surface area (Å²) in [6.07, 6.45) is 9.43. The third-order valence-electron chi connectivity index (χ3n) is 1.26. The van der Waals surface area contributed by atoms with Gasteiger partial charge in [0.25, 0.3) is 0 Å². The summed E-state index contributed by atoms with van der Waals surface area (Å²) in [5.74, 6) is 0. The minimum absolute atomic E-state index is 1.13. The molecule has 0 saturated carbocycles. The average molecular weight is 122 g/mol. The van der Waals surface area contributed by atoms with Gasteiger partial charge in [-0.05, 0) is 18.7 Å². The molecule has 1 heterocycles. The highest BCUT2D eigenvalue weighted by atomic mass is 15.1. The highest BCUT2D eigenvalue weighted by molar-refractivity contribution is 5.13. The van der Waals surface area contributed by atoms with Crippen LogP contribution in [0.15, 0.2) is 24.4 Å². The summed E-state index contributed by atoms with van der Waals surface area (Å²) >= 11 is 0. The SMILES string of the molecule is CCCN1[CH]C=CC=C1. The Morgan fingerprint density at radius 3 is 2.67 bits per heavy atom. The molecular formula is C8H12N. The summed E-state index contributed by atoms with van der Waals surface area (Å²) in [4.78, 5) is 2.18. The van der Waals surface area contributed by atoms with Gasteiger partial charge in [-0.15, -0.1) is 0 Å². The summed E-state index contributed by atoms with van der Waals surface area (Å²) in [6.45, 7) is 5.39. The van der Waals surface area contributed by atoms with Crippen LogP contribution >= 0.6 is 0 Å². The molecular weight excluding hydrogens is 110 g/mol. The molecule has 0 spiro atoms. The largest absolute Gasteiger partial charge is 0.369 e. The molecule has 1 rings (SSSR count). The van der Waals surface area contributed by atoms with Crippen molar-refractivity contribution in [3.63, 3.8) is 0 Å². The predicted molar refractivity (Wildman–Crippen MR) is 39.6 cm³/mol. The first-order chi connectivity index (χ1) is 4.43. The van der Waals surface area contributed by atoms with E-state index in [0.717, 1.165) is 6.54 Å². The summed E-state index contributed by atoms with van der Waals surface area (Å²) < 4.78 is 0. The van der Waals surface area contributed by atoms with Crippen molar-refractivity contribution in [3.8, 4) is 0 Å². The summed E-state index contributed by atoms with van der Waals surface area (Å²) in [7, 11) is 0. The number of hydrogen-bond acceptors (Lipinski definition) is 1. The van der Waals surface area contributed by atoms with E-state index < -0.39 is 0 Å². The predicted octanol–water partition coefficient (Wildman–Crippen LogP) is 1.94. The van der Waals surface area contributed by atoms with Gasteiger partial charge in [0.15, 0.2) is 0 Å². The molecule has 0 N–H and O–H groups in total. The van der Waals surface area contributed by atoms with Crippen molar-refractivity contribution in [3.05, 3.63) is 31.0 Å². The van der Waals surface area contributed by atoms with Crippen molar-refractivity contribution in [1.29, 1.82) is 0 Å². The minimum Gasteiger partial charge on any atom is -0.369 e. The van der Waals surface area contributed by atoms with Gasteiger partial charge in [0, 0.05) is 6.54 Å². The number of rotatable bonds is 2. The van der Waals surface area contributed by atoms with Crippen molar-refractivity contribution >= 4 is 0 Å². The number of allylic oxidation sites excluding steroid dienone is 2. The van der Waals surface area contributed by atoms with Crippen LogP contribution in [0.4, 0.5) is 0 Å². The second-order valence-electron chi connectivity index (χ2n) is 2.11. The fraction of sp³-hybridized carbons (Fsp3) is 0.375. The van der Waals surface area contributed by atoms with Crippen LogP contribution in [0.1, 0.15) is 13.3 Å². The van der Waals surface area contributed by atoms with E-state index in [0.29, 0.717) is 0 Å². The first-order valence-corrected chi connectivity index (χ1v) is 3.37. The van der Waals surface area contributed by atoms with Gasteiger partial charge in [0.1, 0.15) is 0 Å². The summed E-state index contributed by atoms with van der Waals surface area (Å²) in [5.41, 5.74) is 0. The van der Waals surface area contributed by atoms with Gasteiger partial charge < -0.3 is 4.90 Å². The molecule has 1 aliphatic heterocycles. The van der Waals surface area contributed by atoms with Crippen LogP contribution in [0.5, 0.6) is 0 Å². The van der Waals surface area contributed by atoms with E-state index in [1.807, 2.05) is 6.08 Å². The van der Waals surface area contributed by atoms with E-state index in [4.69, 9.17) is 0 Å². The second-order valence-corrected chi connectivity index (χ2v) is 2.11. The van der Waals surface area contributed by atoms with E-state index in [-0.39, 0.29) is 0 Å².